The molecule has 2 aromatic rings. The molecule has 0 unspecified atom stereocenters. The first kappa shape index (κ1) is 16.0. The van der Waals surface area contributed by atoms with E-state index in [-0.39, 0.29) is 17.5 Å². The molecule has 1 saturated heterocycles. The average Bonchev–Trinajstić information content (AvgIpc) is 2.94. The standard InChI is InChI=1S/C16H20N2O4S/c1-18-8-7-12(15-10-16(19)17-22-15)9-14(18)11-3-5-13(6-4-11)23(2,20)21/h3-6,10,12,14H,7-9H2,1-2H3,(H,17,19)/t12-,14+/m1/s1. The third-order valence-corrected chi connectivity index (χ3v) is 5.64. The zero-order valence-corrected chi connectivity index (χ0v) is 14.0. The Morgan fingerprint density at radius 1 is 1.26 bits per heavy atom. The number of H-pyrrole nitrogens is 1. The van der Waals surface area contributed by atoms with Gasteiger partial charge in [0.2, 0.25) is 0 Å². The van der Waals surface area contributed by atoms with E-state index in [2.05, 4.69) is 17.1 Å². The summed E-state index contributed by atoms with van der Waals surface area (Å²) in [6.07, 6.45) is 2.96. The number of benzene rings is 1. The molecule has 1 aromatic heterocycles. The molecule has 0 spiro atoms. The maximum Gasteiger partial charge on any atom is 0.280 e. The van der Waals surface area contributed by atoms with Crippen LogP contribution in [-0.2, 0) is 9.84 Å². The highest BCUT2D eigenvalue weighted by Crippen LogP contribution is 2.38. The zero-order valence-electron chi connectivity index (χ0n) is 13.2. The van der Waals surface area contributed by atoms with E-state index in [1.54, 1.807) is 12.1 Å². The van der Waals surface area contributed by atoms with Crippen molar-refractivity contribution >= 4 is 9.84 Å². The molecule has 0 bridgehead atoms. The number of nitrogens with zero attached hydrogens (tertiary/aromatic N) is 1. The Kier molecular flexibility index (Phi) is 4.16. The van der Waals surface area contributed by atoms with E-state index >= 15 is 0 Å². The number of likely N-dealkylation sites (tertiary alicyclic amines) is 1. The van der Waals surface area contributed by atoms with Crippen molar-refractivity contribution in [3.63, 3.8) is 0 Å². The van der Waals surface area contributed by atoms with Gasteiger partial charge in [-0.1, -0.05) is 12.1 Å². The van der Waals surface area contributed by atoms with Crippen molar-refractivity contribution in [1.29, 1.82) is 0 Å². The number of hydrogen-bond acceptors (Lipinski definition) is 5. The third kappa shape index (κ3) is 3.40. The van der Waals surface area contributed by atoms with Crippen LogP contribution in [0, 0.1) is 0 Å². The largest absolute Gasteiger partial charge is 0.383 e. The van der Waals surface area contributed by atoms with E-state index in [1.807, 2.05) is 12.1 Å². The second-order valence-electron chi connectivity index (χ2n) is 6.17. The Bertz CT molecular complexity index is 835. The second-order valence-corrected chi connectivity index (χ2v) is 8.19. The van der Waals surface area contributed by atoms with Crippen LogP contribution in [0.25, 0.3) is 0 Å². The molecular formula is C16H20N2O4S. The van der Waals surface area contributed by atoms with Crippen LogP contribution in [0.15, 0.2) is 44.5 Å². The van der Waals surface area contributed by atoms with Gasteiger partial charge in [-0.3, -0.25) is 9.69 Å². The molecule has 6 nitrogen and oxygen atoms in total. The lowest BCUT2D eigenvalue weighted by molar-refractivity contribution is 0.157. The molecule has 2 atom stereocenters. The molecule has 1 aromatic carbocycles. The van der Waals surface area contributed by atoms with E-state index < -0.39 is 9.84 Å². The highest BCUT2D eigenvalue weighted by molar-refractivity contribution is 7.90. The first-order chi connectivity index (χ1) is 10.8. The van der Waals surface area contributed by atoms with Crippen LogP contribution in [0.1, 0.15) is 36.1 Å². The Balaban J connectivity index is 1.84. The molecule has 2 heterocycles. The number of piperidine rings is 1. The van der Waals surface area contributed by atoms with E-state index in [0.29, 0.717) is 10.7 Å². The third-order valence-electron chi connectivity index (χ3n) is 4.51. The fraction of sp³-hybridized carbons (Fsp3) is 0.438. The highest BCUT2D eigenvalue weighted by Gasteiger charge is 2.30. The van der Waals surface area contributed by atoms with Crippen molar-refractivity contribution in [1.82, 2.24) is 10.1 Å². The predicted molar refractivity (Wildman–Crippen MR) is 86.2 cm³/mol. The normalized spacial score (nSPS) is 23.0. The number of sulfone groups is 1. The van der Waals surface area contributed by atoms with E-state index in [0.717, 1.165) is 24.9 Å². The van der Waals surface area contributed by atoms with Gasteiger partial charge >= 0.3 is 0 Å². The SMILES string of the molecule is CN1CC[C@@H](c2cc(=O)[nH]o2)C[C@H]1c1ccc(S(C)(=O)=O)cc1. The van der Waals surface area contributed by atoms with Gasteiger partial charge < -0.3 is 4.52 Å². The van der Waals surface area contributed by atoms with Crippen molar-refractivity contribution in [2.24, 2.45) is 0 Å². The molecule has 3 rings (SSSR count). The lowest BCUT2D eigenvalue weighted by atomic mass is 9.86. The fourth-order valence-corrected chi connectivity index (χ4v) is 3.80. The maximum absolute atomic E-state index is 11.6. The molecule has 0 radical (unpaired) electrons. The Morgan fingerprint density at radius 3 is 2.52 bits per heavy atom. The molecule has 1 N–H and O–H groups in total. The van der Waals surface area contributed by atoms with Gasteiger partial charge in [0.25, 0.3) is 5.56 Å². The van der Waals surface area contributed by atoms with Crippen LogP contribution in [0.3, 0.4) is 0 Å². The van der Waals surface area contributed by atoms with E-state index in [9.17, 15) is 13.2 Å². The van der Waals surface area contributed by atoms with Gasteiger partial charge in [0, 0.05) is 24.3 Å². The average molecular weight is 336 g/mol. The van der Waals surface area contributed by atoms with Crippen LogP contribution in [0.4, 0.5) is 0 Å². The molecule has 1 fully saturated rings. The minimum atomic E-state index is -3.18. The molecule has 1 aliphatic rings. The quantitative estimate of drug-likeness (QED) is 0.926. The summed E-state index contributed by atoms with van der Waals surface area (Å²) in [6.45, 7) is 0.887. The summed E-state index contributed by atoms with van der Waals surface area (Å²) in [7, 11) is -1.13. The van der Waals surface area contributed by atoms with Gasteiger partial charge in [0.1, 0.15) is 5.76 Å². The van der Waals surface area contributed by atoms with Crippen molar-refractivity contribution < 1.29 is 12.9 Å². The van der Waals surface area contributed by atoms with Gasteiger partial charge in [0.15, 0.2) is 9.84 Å². The fourth-order valence-electron chi connectivity index (χ4n) is 3.17. The number of aromatic amines is 1. The van der Waals surface area contributed by atoms with Gasteiger partial charge in [-0.25, -0.2) is 8.42 Å². The van der Waals surface area contributed by atoms with E-state index in [4.69, 9.17) is 4.52 Å². The molecule has 1 aliphatic heterocycles. The first-order valence-electron chi connectivity index (χ1n) is 7.53. The summed E-state index contributed by atoms with van der Waals surface area (Å²) in [5.74, 6) is 0.880. The van der Waals surface area contributed by atoms with Crippen molar-refractivity contribution in [3.8, 4) is 0 Å². The van der Waals surface area contributed by atoms with Crippen LogP contribution < -0.4 is 5.56 Å². The molecule has 0 amide bonds. The molecule has 7 heteroatoms. The number of nitrogens with one attached hydrogen (secondary N) is 1. The topological polar surface area (TPSA) is 83.4 Å². The van der Waals surface area contributed by atoms with Crippen LogP contribution in [0.2, 0.25) is 0 Å². The molecule has 124 valence electrons. The predicted octanol–water partition coefficient (Wildman–Crippen LogP) is 1.92. The number of aromatic nitrogens is 1. The summed E-state index contributed by atoms with van der Waals surface area (Å²) >= 11 is 0. The lowest BCUT2D eigenvalue weighted by Gasteiger charge is -2.36. The maximum atomic E-state index is 11.6. The molecule has 23 heavy (non-hydrogen) atoms. The Morgan fingerprint density at radius 2 is 1.96 bits per heavy atom. The van der Waals surface area contributed by atoms with Gasteiger partial charge in [-0.15, -0.1) is 0 Å². The zero-order chi connectivity index (χ0) is 16.6. The highest BCUT2D eigenvalue weighted by atomic mass is 32.2. The lowest BCUT2D eigenvalue weighted by Crippen LogP contribution is -2.33. The summed E-state index contributed by atoms with van der Waals surface area (Å²) in [6, 6.07) is 8.72. The number of hydrogen-bond donors (Lipinski definition) is 1. The summed E-state index contributed by atoms with van der Waals surface area (Å²) < 4.78 is 28.4. The van der Waals surface area contributed by atoms with Crippen LogP contribution in [0.5, 0.6) is 0 Å². The summed E-state index contributed by atoms with van der Waals surface area (Å²) in [4.78, 5) is 13.8. The smallest absolute Gasteiger partial charge is 0.280 e. The molecular weight excluding hydrogens is 316 g/mol. The molecule has 0 saturated carbocycles. The Labute approximate surface area is 135 Å². The van der Waals surface area contributed by atoms with Crippen LogP contribution >= 0.6 is 0 Å². The monoisotopic (exact) mass is 336 g/mol. The van der Waals surface area contributed by atoms with Gasteiger partial charge in [-0.2, -0.15) is 5.16 Å². The first-order valence-corrected chi connectivity index (χ1v) is 9.42. The van der Waals surface area contributed by atoms with Gasteiger partial charge in [-0.05, 0) is 44.1 Å². The van der Waals surface area contributed by atoms with Gasteiger partial charge in [0.05, 0.1) is 4.90 Å². The van der Waals surface area contributed by atoms with Crippen molar-refractivity contribution in [2.75, 3.05) is 19.8 Å². The second kappa shape index (κ2) is 5.98. The van der Waals surface area contributed by atoms with E-state index in [1.165, 1.54) is 12.3 Å². The van der Waals surface area contributed by atoms with Crippen molar-refractivity contribution in [2.45, 2.75) is 29.7 Å². The minimum absolute atomic E-state index is 0.169. The Hall–Kier alpha value is -1.86. The summed E-state index contributed by atoms with van der Waals surface area (Å²) in [5.41, 5.74) is 0.857. The summed E-state index contributed by atoms with van der Waals surface area (Å²) in [5, 5.41) is 2.34. The minimum Gasteiger partial charge on any atom is -0.383 e. The molecule has 0 aliphatic carbocycles. The van der Waals surface area contributed by atoms with Crippen molar-refractivity contribution in [3.05, 3.63) is 52.0 Å². The van der Waals surface area contributed by atoms with Crippen LogP contribution in [-0.4, -0.2) is 38.3 Å². The number of rotatable bonds is 3.